The third kappa shape index (κ3) is 11.8. The fourth-order valence-electron chi connectivity index (χ4n) is 8.03. The quantitative estimate of drug-likeness (QED) is 0.0631. The van der Waals surface area contributed by atoms with Crippen LogP contribution in [0.25, 0.3) is 0 Å². The molecule has 2 heterocycles. The lowest BCUT2D eigenvalue weighted by Gasteiger charge is -2.30. The molecule has 0 radical (unpaired) electrons. The summed E-state index contributed by atoms with van der Waals surface area (Å²) in [4.78, 5) is 13.0. The van der Waals surface area contributed by atoms with Crippen molar-refractivity contribution >= 4 is 53.4 Å². The molecule has 2 aromatic carbocycles. The zero-order chi connectivity index (χ0) is 42.2. The number of benzene rings is 2. The second kappa shape index (κ2) is 19.1. The predicted molar refractivity (Wildman–Crippen MR) is 217 cm³/mol. The Balaban J connectivity index is 1.90. The van der Waals surface area contributed by atoms with Gasteiger partial charge in [-0.15, -0.1) is 0 Å². The van der Waals surface area contributed by atoms with Gasteiger partial charge in [-0.1, -0.05) is 18.2 Å². The Bertz CT molecular complexity index is 2220. The number of hydrogen-bond acceptors (Lipinski definition) is 10. The first-order valence-corrected chi connectivity index (χ1v) is 23.5. The highest BCUT2D eigenvalue weighted by Crippen LogP contribution is 2.51. The van der Waals surface area contributed by atoms with Crippen LogP contribution in [0.5, 0.6) is 0 Å². The van der Waals surface area contributed by atoms with E-state index in [4.69, 9.17) is 14.6 Å². The largest absolute Gasteiger partial charge is 0.481 e. The number of nitrogens with zero attached hydrogens (tertiary/aromatic N) is 2. The molecule has 316 valence electrons. The summed E-state index contributed by atoms with van der Waals surface area (Å²) in [6, 6.07) is 10.4. The second-order valence-electron chi connectivity index (χ2n) is 15.0. The summed E-state index contributed by atoms with van der Waals surface area (Å²) >= 11 is 0. The van der Waals surface area contributed by atoms with Crippen LogP contribution in [0, 0.1) is 0 Å². The monoisotopic (exact) mass is 855 g/mol. The Kier molecular flexibility index (Phi) is 15.4. The molecule has 2 aliphatic heterocycles. The topological polar surface area (TPSA) is 225 Å². The van der Waals surface area contributed by atoms with Crippen molar-refractivity contribution in [2.24, 2.45) is 0 Å². The van der Waals surface area contributed by atoms with E-state index in [1.165, 1.54) is 12.1 Å². The van der Waals surface area contributed by atoms with Gasteiger partial charge in [-0.3, -0.25) is 18.5 Å². The first-order chi connectivity index (χ1) is 26.6. The number of allylic oxidation sites excluding steroid dienone is 4. The molecule has 0 aliphatic carbocycles. The van der Waals surface area contributed by atoms with Crippen molar-refractivity contribution in [2.45, 2.75) is 87.4 Å². The lowest BCUT2D eigenvalue weighted by atomic mass is 9.75. The highest BCUT2D eigenvalue weighted by atomic mass is 32.2. The van der Waals surface area contributed by atoms with Crippen LogP contribution in [0.15, 0.2) is 65.2 Å². The molecule has 15 nitrogen and oxygen atoms in total. The molecule has 0 saturated heterocycles. The molecule has 57 heavy (non-hydrogen) atoms. The fraction of sp³-hybridized carbons (Fsp3) is 0.538. The molecule has 4 N–H and O–H groups in total. The number of hydrogen-bond donors (Lipinski definition) is 4. The molecule has 2 unspecified atom stereocenters. The van der Waals surface area contributed by atoms with Gasteiger partial charge < -0.3 is 19.5 Å². The summed E-state index contributed by atoms with van der Waals surface area (Å²) < 4.78 is 114. The van der Waals surface area contributed by atoms with E-state index in [9.17, 15) is 43.7 Å². The van der Waals surface area contributed by atoms with Gasteiger partial charge in [0.25, 0.3) is 30.4 Å². The predicted octanol–water partition coefficient (Wildman–Crippen LogP) is 5.32. The van der Waals surface area contributed by atoms with Crippen molar-refractivity contribution in [3.63, 3.8) is 0 Å². The number of rotatable bonds is 23. The Hall–Kier alpha value is -3.49. The van der Waals surface area contributed by atoms with E-state index >= 15 is 0 Å². The molecule has 0 aromatic heterocycles. The lowest BCUT2D eigenvalue weighted by molar-refractivity contribution is -0.438. The van der Waals surface area contributed by atoms with Gasteiger partial charge in [0.1, 0.15) is 6.54 Å². The number of aliphatic carboxylic acids is 1. The van der Waals surface area contributed by atoms with Crippen molar-refractivity contribution in [1.29, 1.82) is 0 Å². The maximum absolute atomic E-state index is 12.3. The highest BCUT2D eigenvalue weighted by molar-refractivity contribution is 7.86. The number of fused-ring (bicyclic) bond motifs is 2. The summed E-state index contributed by atoms with van der Waals surface area (Å²) in [7, 11) is -9.95. The van der Waals surface area contributed by atoms with Gasteiger partial charge in [0, 0.05) is 68.1 Å². The summed E-state index contributed by atoms with van der Waals surface area (Å²) in [5, 5.41) is 9.16. The second-order valence-corrected chi connectivity index (χ2v) is 19.6. The molecule has 2 atom stereocenters. The number of carboxylic acid groups (broad SMARTS) is 1. The number of unbranched alkanes of at least 4 members (excludes halogenated alkanes) is 2. The number of anilines is 1. The highest BCUT2D eigenvalue weighted by Gasteiger charge is 2.48. The van der Waals surface area contributed by atoms with Gasteiger partial charge in [-0.05, 0) is 94.2 Å². The van der Waals surface area contributed by atoms with E-state index in [2.05, 4.69) is 11.0 Å². The molecule has 0 amide bonds. The fourth-order valence-corrected chi connectivity index (χ4v) is 9.55. The number of ether oxygens (including phenoxy) is 2. The van der Waals surface area contributed by atoms with Crippen LogP contribution in [0.4, 0.5) is 11.4 Å². The van der Waals surface area contributed by atoms with Gasteiger partial charge >= 0.3 is 5.97 Å². The number of carboxylic acids is 1. The van der Waals surface area contributed by atoms with Crippen molar-refractivity contribution in [3.05, 3.63) is 77.0 Å². The molecule has 0 spiro atoms. The van der Waals surface area contributed by atoms with Gasteiger partial charge in [-0.2, -0.15) is 29.8 Å². The van der Waals surface area contributed by atoms with Crippen molar-refractivity contribution < 1.29 is 62.9 Å². The summed E-state index contributed by atoms with van der Waals surface area (Å²) in [5.74, 6) is -1.86. The van der Waals surface area contributed by atoms with Crippen LogP contribution in [-0.2, 0) is 61.9 Å². The smallest absolute Gasteiger partial charge is 0.303 e. The minimum atomic E-state index is -4.62. The lowest BCUT2D eigenvalue weighted by Crippen LogP contribution is -2.32. The SMILES string of the molecule is COCCc1ccc2c(c1)C(C)(CCCS(=O)(=O)O)/C(=C\C=C\C1=[N+](CCCCCC(=O)O)c3ccc(S(=O)(=O)O)cc3C1(C)CCCS(=O)(=O)O)N2CCOC. The molecule has 4 rings (SSSR count). The Morgan fingerprint density at radius 1 is 0.807 bits per heavy atom. The molecular weight excluding hydrogens is 801 g/mol. The molecule has 18 heteroatoms. The minimum absolute atomic E-state index is 0.00450. The van der Waals surface area contributed by atoms with Crippen LogP contribution in [0.2, 0.25) is 0 Å². The first kappa shape index (κ1) is 46.2. The Morgan fingerprint density at radius 2 is 1.46 bits per heavy atom. The molecule has 0 fully saturated rings. The van der Waals surface area contributed by atoms with Crippen LogP contribution in [0.3, 0.4) is 0 Å². The van der Waals surface area contributed by atoms with E-state index in [1.807, 2.05) is 48.8 Å². The average molecular weight is 856 g/mol. The normalized spacial score (nSPS) is 20.5. The van der Waals surface area contributed by atoms with Crippen molar-refractivity contribution in [2.75, 3.05) is 56.9 Å². The number of carbonyl (C=O) groups is 1. The van der Waals surface area contributed by atoms with Crippen LogP contribution in [-0.4, -0.2) is 112 Å². The van der Waals surface area contributed by atoms with E-state index in [0.717, 1.165) is 22.5 Å². The maximum Gasteiger partial charge on any atom is 0.303 e. The molecule has 2 aliphatic rings. The third-order valence-corrected chi connectivity index (χ3v) is 13.3. The van der Waals surface area contributed by atoms with Gasteiger partial charge in [0.05, 0.1) is 35.0 Å². The minimum Gasteiger partial charge on any atom is -0.481 e. The summed E-state index contributed by atoms with van der Waals surface area (Å²) in [6.07, 6.45) is 8.63. The van der Waals surface area contributed by atoms with E-state index in [0.29, 0.717) is 75.4 Å². The van der Waals surface area contributed by atoms with E-state index < -0.39 is 58.7 Å². The van der Waals surface area contributed by atoms with Crippen molar-refractivity contribution in [3.8, 4) is 0 Å². The van der Waals surface area contributed by atoms with Gasteiger partial charge in [0.2, 0.25) is 5.69 Å². The van der Waals surface area contributed by atoms with E-state index in [1.54, 1.807) is 20.3 Å². The third-order valence-electron chi connectivity index (χ3n) is 10.9. The zero-order valence-electron chi connectivity index (χ0n) is 32.9. The molecule has 0 bridgehead atoms. The average Bonchev–Trinajstić information content (AvgIpc) is 3.47. The Labute approximate surface area is 336 Å². The first-order valence-electron chi connectivity index (χ1n) is 18.8. The zero-order valence-corrected chi connectivity index (χ0v) is 35.3. The maximum atomic E-state index is 12.3. The molecule has 0 saturated carbocycles. The van der Waals surface area contributed by atoms with Crippen LogP contribution in [0.1, 0.15) is 81.9 Å². The standard InChI is InChI=1S/C39H54N2O13S3/c1-38(19-9-25-55(44,45)46)31-27-29(18-23-53-3)14-16-33(31)41(22-24-54-4)36(38)12-8-11-35-39(2,20-10-26-56(47,48)49)32-28-30(57(50,51)52)15-17-34(32)40(35)21-7-5-6-13-37(42)43/h8,11-12,14-17,27-28H,5-7,9-10,13,18-26H2,1-4H3,(H3-,42,43,44,45,46,47,48,49,50,51,52)/p+1. The van der Waals surface area contributed by atoms with Gasteiger partial charge in [-0.25, -0.2) is 0 Å². The molecule has 2 aromatic rings. The summed E-state index contributed by atoms with van der Waals surface area (Å²) in [5.41, 5.74) is 3.86. The van der Waals surface area contributed by atoms with E-state index in [-0.39, 0.29) is 30.6 Å². The van der Waals surface area contributed by atoms with Crippen LogP contribution < -0.4 is 4.90 Å². The van der Waals surface area contributed by atoms with Crippen LogP contribution >= 0.6 is 0 Å². The number of methoxy groups -OCH3 is 2. The van der Waals surface area contributed by atoms with Gasteiger partial charge in [0.15, 0.2) is 5.71 Å². The summed E-state index contributed by atoms with van der Waals surface area (Å²) in [6.45, 7) is 5.62. The molecular formula is C39H55N2O13S3+. The Morgan fingerprint density at radius 3 is 2.05 bits per heavy atom. The van der Waals surface area contributed by atoms with Crippen molar-refractivity contribution in [1.82, 2.24) is 0 Å².